The normalized spacial score (nSPS) is 10.6. The van der Waals surface area contributed by atoms with Crippen LogP contribution in [0.2, 0.25) is 0 Å². The van der Waals surface area contributed by atoms with Gasteiger partial charge in [-0.1, -0.05) is 19.1 Å². The average molecular weight is 320 g/mol. The molecular weight excluding hydrogens is 300 g/mol. The molecule has 122 valence electrons. The summed E-state index contributed by atoms with van der Waals surface area (Å²) < 4.78 is 3.86. The molecule has 0 aromatic carbocycles. The van der Waals surface area contributed by atoms with Crippen molar-refractivity contribution < 1.29 is 4.79 Å². The maximum Gasteiger partial charge on any atom is 0.181 e. The molecule has 4 aromatic heterocycles. The topological polar surface area (TPSA) is 51.7 Å². The summed E-state index contributed by atoms with van der Waals surface area (Å²) in [6.45, 7) is 5.73. The quantitative estimate of drug-likeness (QED) is 0.527. The lowest BCUT2D eigenvalue weighted by molar-refractivity contribution is 0.0982. The second kappa shape index (κ2) is 6.66. The largest absolute Gasteiger partial charge is 0.307 e. The number of hydrogen-bond acceptors (Lipinski definition) is 3. The summed E-state index contributed by atoms with van der Waals surface area (Å²) in [6.07, 6.45) is 6.40. The Morgan fingerprint density at radius 3 is 2.42 bits per heavy atom. The van der Waals surface area contributed by atoms with Gasteiger partial charge < -0.3 is 4.40 Å². The van der Waals surface area contributed by atoms with E-state index in [0.717, 1.165) is 22.7 Å². The van der Waals surface area contributed by atoms with Gasteiger partial charge in [0.05, 0.1) is 11.4 Å². The van der Waals surface area contributed by atoms with Gasteiger partial charge in [-0.05, 0) is 38.1 Å². The Labute approximate surface area is 140 Å². The molecule has 0 saturated heterocycles. The van der Waals surface area contributed by atoms with Gasteiger partial charge in [0.25, 0.3) is 0 Å². The van der Waals surface area contributed by atoms with Crippen LogP contribution in [0.25, 0.3) is 11.3 Å². The van der Waals surface area contributed by atoms with Crippen LogP contribution in [0.3, 0.4) is 0 Å². The van der Waals surface area contributed by atoms with Gasteiger partial charge in [0, 0.05) is 25.0 Å². The number of nitrogens with zero attached hydrogens (tertiary/aromatic N) is 4. The summed E-state index contributed by atoms with van der Waals surface area (Å²) in [4.78, 5) is 20.2. The van der Waals surface area contributed by atoms with Gasteiger partial charge in [-0.15, -0.1) is 0 Å². The molecule has 0 bridgehead atoms. The Morgan fingerprint density at radius 2 is 1.71 bits per heavy atom. The molecule has 0 radical (unpaired) electrons. The van der Waals surface area contributed by atoms with Crippen molar-refractivity contribution in [1.29, 1.82) is 0 Å². The first kappa shape index (κ1) is 15.9. The van der Waals surface area contributed by atoms with Crippen LogP contribution in [0, 0.1) is 13.8 Å². The van der Waals surface area contributed by atoms with Gasteiger partial charge in [0.2, 0.25) is 0 Å². The maximum absolute atomic E-state index is 11.6. The van der Waals surface area contributed by atoms with Gasteiger partial charge in [-0.2, -0.15) is 0 Å². The highest BCUT2D eigenvalue weighted by molar-refractivity contribution is 5.96. The van der Waals surface area contributed by atoms with Crippen molar-refractivity contribution in [2.45, 2.75) is 27.2 Å². The fourth-order valence-electron chi connectivity index (χ4n) is 2.68. The van der Waals surface area contributed by atoms with E-state index in [1.165, 1.54) is 0 Å². The van der Waals surface area contributed by atoms with Crippen LogP contribution in [-0.2, 0) is 0 Å². The Kier molecular flexibility index (Phi) is 4.42. The van der Waals surface area contributed by atoms with E-state index in [4.69, 9.17) is 0 Å². The Bertz CT molecular complexity index is 964. The van der Waals surface area contributed by atoms with Crippen molar-refractivity contribution in [3.8, 4) is 0 Å². The van der Waals surface area contributed by atoms with E-state index in [9.17, 15) is 4.79 Å². The molecule has 0 aliphatic heterocycles. The lowest BCUT2D eigenvalue weighted by Crippen LogP contribution is -2.03. The molecule has 0 amide bonds. The number of hydrogen-bond donors (Lipinski definition) is 0. The van der Waals surface area contributed by atoms with Crippen LogP contribution < -0.4 is 0 Å². The predicted octanol–water partition coefficient (Wildman–Crippen LogP) is 3.88. The number of aryl methyl sites for hydroxylation is 2. The van der Waals surface area contributed by atoms with Crippen LogP contribution in [0.1, 0.15) is 35.2 Å². The molecule has 5 heteroatoms. The molecular formula is C19H20N4O. The van der Waals surface area contributed by atoms with E-state index in [0.29, 0.717) is 12.1 Å². The third-order valence-electron chi connectivity index (χ3n) is 3.77. The molecule has 0 fully saturated rings. The molecule has 5 nitrogen and oxygen atoms in total. The zero-order valence-electron chi connectivity index (χ0n) is 14.1. The highest BCUT2D eigenvalue weighted by Gasteiger charge is 2.13. The molecule has 0 saturated carbocycles. The van der Waals surface area contributed by atoms with Crippen molar-refractivity contribution in [2.75, 3.05) is 0 Å². The number of aromatic nitrogens is 4. The maximum atomic E-state index is 11.6. The van der Waals surface area contributed by atoms with Crippen molar-refractivity contribution in [1.82, 2.24) is 18.8 Å². The Balaban J connectivity index is 0.000000149. The lowest BCUT2D eigenvalue weighted by Gasteiger charge is -1.98. The fraction of sp³-hybridized carbons (Fsp3) is 0.211. The number of carbonyl (C=O) groups excluding carboxylic acids is 1. The first-order chi connectivity index (χ1) is 11.6. The Hall–Kier alpha value is -2.95. The molecule has 24 heavy (non-hydrogen) atoms. The summed E-state index contributed by atoms with van der Waals surface area (Å²) in [5, 5.41) is 0. The molecule has 4 rings (SSSR count). The number of carbonyl (C=O) groups is 1. The second-order valence-electron chi connectivity index (χ2n) is 5.60. The summed E-state index contributed by atoms with van der Waals surface area (Å²) in [5.41, 5.74) is 4.43. The molecule has 0 aliphatic carbocycles. The summed E-state index contributed by atoms with van der Waals surface area (Å²) in [7, 11) is 0. The number of rotatable bonds is 2. The van der Waals surface area contributed by atoms with Gasteiger partial charge in [0.1, 0.15) is 17.0 Å². The van der Waals surface area contributed by atoms with Crippen molar-refractivity contribution in [3.63, 3.8) is 0 Å². The summed E-state index contributed by atoms with van der Waals surface area (Å²) in [5.74, 6) is 0.140. The molecule has 4 heterocycles. The summed E-state index contributed by atoms with van der Waals surface area (Å²) in [6, 6.07) is 11.7. The van der Waals surface area contributed by atoms with E-state index in [1.807, 2.05) is 84.6 Å². The minimum absolute atomic E-state index is 0.140. The van der Waals surface area contributed by atoms with E-state index in [2.05, 4.69) is 9.97 Å². The van der Waals surface area contributed by atoms with E-state index >= 15 is 0 Å². The highest BCUT2D eigenvalue weighted by atomic mass is 16.1. The van der Waals surface area contributed by atoms with Crippen LogP contribution >= 0.6 is 0 Å². The van der Waals surface area contributed by atoms with Gasteiger partial charge in [-0.25, -0.2) is 9.97 Å². The minimum Gasteiger partial charge on any atom is -0.307 e. The molecule has 0 unspecified atom stereocenters. The third kappa shape index (κ3) is 3.06. The van der Waals surface area contributed by atoms with Gasteiger partial charge >= 0.3 is 0 Å². The average Bonchev–Trinajstić information content (AvgIpc) is 3.12. The van der Waals surface area contributed by atoms with Crippen molar-refractivity contribution >= 4 is 17.1 Å². The highest BCUT2D eigenvalue weighted by Crippen LogP contribution is 2.13. The zero-order chi connectivity index (χ0) is 17.1. The standard InChI is InChI=1S/C11H12N2O.C8H8N2/c1-3-9(14)11-8(2)12-10-6-4-5-7-13(10)11;1-7-6-10-5-3-2-4-8(10)9-7/h4-7H,3H2,1-2H3;2-6H,1H3. The van der Waals surface area contributed by atoms with E-state index < -0.39 is 0 Å². The number of Topliss-reactive ketones (excluding diaryl/α,β-unsaturated/α-hetero) is 1. The molecule has 4 aromatic rings. The first-order valence-corrected chi connectivity index (χ1v) is 7.97. The molecule has 0 N–H and O–H groups in total. The molecule has 0 atom stereocenters. The zero-order valence-corrected chi connectivity index (χ0v) is 14.1. The number of pyridine rings is 2. The lowest BCUT2D eigenvalue weighted by atomic mass is 10.2. The monoisotopic (exact) mass is 320 g/mol. The van der Waals surface area contributed by atoms with Crippen LogP contribution in [0.4, 0.5) is 0 Å². The second-order valence-corrected chi connectivity index (χ2v) is 5.60. The van der Waals surface area contributed by atoms with E-state index in [-0.39, 0.29) is 5.78 Å². The van der Waals surface area contributed by atoms with E-state index in [1.54, 1.807) is 0 Å². The number of imidazole rings is 2. The van der Waals surface area contributed by atoms with Crippen molar-refractivity contribution in [3.05, 3.63) is 72.1 Å². The SMILES string of the molecule is CCC(=O)c1c(C)nc2ccccn12.Cc1cn2ccccc2n1. The van der Waals surface area contributed by atoms with Gasteiger partial charge in [0.15, 0.2) is 5.78 Å². The molecule has 0 aliphatic rings. The van der Waals surface area contributed by atoms with Crippen LogP contribution in [-0.4, -0.2) is 24.6 Å². The smallest absolute Gasteiger partial charge is 0.181 e. The van der Waals surface area contributed by atoms with Gasteiger partial charge in [-0.3, -0.25) is 9.20 Å². The van der Waals surface area contributed by atoms with Crippen molar-refractivity contribution in [2.24, 2.45) is 0 Å². The minimum atomic E-state index is 0.140. The summed E-state index contributed by atoms with van der Waals surface area (Å²) >= 11 is 0. The predicted molar refractivity (Wildman–Crippen MR) is 94.5 cm³/mol. The number of fused-ring (bicyclic) bond motifs is 2. The van der Waals surface area contributed by atoms with Crippen LogP contribution in [0.5, 0.6) is 0 Å². The third-order valence-corrected chi connectivity index (χ3v) is 3.77. The Morgan fingerprint density at radius 1 is 1.00 bits per heavy atom. The van der Waals surface area contributed by atoms with Crippen LogP contribution in [0.15, 0.2) is 55.0 Å². The molecule has 0 spiro atoms. The fourth-order valence-corrected chi connectivity index (χ4v) is 2.68. The first-order valence-electron chi connectivity index (χ1n) is 7.97. The number of ketones is 1.